The number of aromatic carboxylic acids is 5. The Balaban J connectivity index is 0.000000185. The summed E-state index contributed by atoms with van der Waals surface area (Å²) in [5, 5.41) is 69.3. The topological polar surface area (TPSA) is 805 Å². The van der Waals surface area contributed by atoms with E-state index in [1.807, 2.05) is 29.9 Å². The summed E-state index contributed by atoms with van der Waals surface area (Å²) >= 11 is 0. The third-order valence-electron chi connectivity index (χ3n) is 12.9. The van der Waals surface area contributed by atoms with Gasteiger partial charge in [-0.1, -0.05) is 24.3 Å². The summed E-state index contributed by atoms with van der Waals surface area (Å²) in [4.78, 5) is 232. The average molecular weight is 1560 g/mol. The number of hydrogen-bond donors (Lipinski definition) is 25. The predicted molar refractivity (Wildman–Crippen MR) is 382 cm³/mol. The molecule has 50 nitrogen and oxygen atoms in total. The van der Waals surface area contributed by atoms with Crippen LogP contribution in [0.2, 0.25) is 0 Å². The van der Waals surface area contributed by atoms with E-state index in [1.54, 1.807) is 37.3 Å². The number of benzene rings is 6. The molecule has 0 amide bonds. The van der Waals surface area contributed by atoms with Crippen LogP contribution in [0.3, 0.4) is 0 Å². The number of nitrogens with one attached hydrogen (secondary N) is 18. The van der Waals surface area contributed by atoms with Crippen molar-refractivity contribution in [1.29, 1.82) is 0 Å². The van der Waals surface area contributed by atoms with Gasteiger partial charge < -0.3 is 62.5 Å². The van der Waals surface area contributed by atoms with E-state index < -0.39 is 114 Å². The van der Waals surface area contributed by atoms with Crippen molar-refractivity contribution in [3.05, 3.63) is 293 Å². The lowest BCUT2D eigenvalue weighted by Crippen LogP contribution is -2.26. The monoisotopic (exact) mass is 1550 g/mol. The number of phenols is 1. The summed E-state index contributed by atoms with van der Waals surface area (Å²) < 4.78 is 30.4. The second kappa shape index (κ2) is 36.8. The van der Waals surface area contributed by atoms with Crippen LogP contribution in [0.25, 0.3) is 0 Å². The van der Waals surface area contributed by atoms with Crippen molar-refractivity contribution < 1.29 is 67.6 Å². The van der Waals surface area contributed by atoms with E-state index >= 15 is 0 Å². The number of hydrogen-bond acceptors (Lipinski definition) is 32. The van der Waals surface area contributed by atoms with Crippen molar-refractivity contribution in [3.8, 4) is 5.75 Å². The molecule has 0 saturated carbocycles. The fourth-order valence-corrected chi connectivity index (χ4v) is 8.70. The van der Waals surface area contributed by atoms with Crippen molar-refractivity contribution in [3.63, 3.8) is 0 Å². The Kier molecular flexibility index (Phi) is 26.9. The van der Waals surface area contributed by atoms with E-state index in [0.717, 1.165) is 24.3 Å². The van der Waals surface area contributed by atoms with Crippen LogP contribution in [-0.2, 0) is 10.1 Å². The highest BCUT2D eigenvalue weighted by Crippen LogP contribution is 2.24. The first kappa shape index (κ1) is 81.1. The minimum absolute atomic E-state index is 0.000399. The summed E-state index contributed by atoms with van der Waals surface area (Å²) in [5.41, 5.74) is -6.50. The Labute approximate surface area is 607 Å². The van der Waals surface area contributed by atoms with Gasteiger partial charge in [0.05, 0.1) is 32.8 Å². The van der Waals surface area contributed by atoms with Crippen LogP contribution in [0.4, 0.5) is 69.8 Å². The lowest BCUT2D eigenvalue weighted by molar-refractivity contribution is 0.0683. The van der Waals surface area contributed by atoms with Gasteiger partial charge in [-0.2, -0.15) is 38.3 Å². The van der Waals surface area contributed by atoms with E-state index in [-0.39, 0.29) is 79.8 Å². The highest BCUT2D eigenvalue weighted by Gasteiger charge is 2.15. The molecule has 0 aliphatic carbocycles. The number of carboxylic acids is 5. The first-order valence-electron chi connectivity index (χ1n) is 29.7. The molecule has 0 atom stereocenters. The maximum absolute atomic E-state index is 11.1. The number of carboxylic acid groups (broad SMARTS) is 5. The lowest BCUT2D eigenvalue weighted by atomic mass is 10.1. The molecule has 6 aromatic heterocycles. The molecule has 6 aromatic carbocycles. The summed E-state index contributed by atoms with van der Waals surface area (Å²) in [7, 11) is -4.26. The van der Waals surface area contributed by atoms with Gasteiger partial charge in [-0.3, -0.25) is 64.4 Å². The zero-order chi connectivity index (χ0) is 81.4. The second-order valence-corrected chi connectivity index (χ2v) is 22.2. The molecule has 572 valence electrons. The van der Waals surface area contributed by atoms with Crippen molar-refractivity contribution >= 4 is 110 Å². The summed E-state index contributed by atoms with van der Waals surface area (Å²) in [6.07, 6.45) is 0. The van der Waals surface area contributed by atoms with Gasteiger partial charge in [0.25, 0.3) is 10.1 Å². The molecule has 0 aliphatic heterocycles. The van der Waals surface area contributed by atoms with Crippen LogP contribution in [0.15, 0.2) is 196 Å². The molecule has 6 heterocycles. The Bertz CT molecular complexity index is 6200. The third kappa shape index (κ3) is 25.6. The molecule has 0 bridgehead atoms. The van der Waals surface area contributed by atoms with Crippen LogP contribution < -0.4 is 100 Å². The second-order valence-electron chi connectivity index (χ2n) is 20.8. The van der Waals surface area contributed by atoms with Crippen molar-refractivity contribution in [1.82, 2.24) is 89.7 Å². The average Bonchev–Trinajstić information content (AvgIpc) is 0.912. The van der Waals surface area contributed by atoms with Gasteiger partial charge in [0.1, 0.15) is 11.3 Å². The van der Waals surface area contributed by atoms with Gasteiger partial charge in [-0.15, -0.1) is 0 Å². The number of carbonyl (C=O) groups is 5. The van der Waals surface area contributed by atoms with Gasteiger partial charge >= 0.3 is 98.1 Å². The van der Waals surface area contributed by atoms with Crippen molar-refractivity contribution in [2.75, 3.05) is 31.9 Å². The lowest BCUT2D eigenvalue weighted by Gasteiger charge is -2.09. The summed E-state index contributed by atoms with van der Waals surface area (Å²) in [5.74, 6) is -6.52. The normalized spacial score (nSPS) is 10.3. The van der Waals surface area contributed by atoms with E-state index in [0.29, 0.717) is 28.3 Å². The highest BCUT2D eigenvalue weighted by atomic mass is 32.2. The number of anilines is 12. The van der Waals surface area contributed by atoms with Crippen molar-refractivity contribution in [2.45, 2.75) is 11.8 Å². The Morgan fingerprint density at radius 1 is 0.315 bits per heavy atom. The number of aromatic hydroxyl groups is 1. The van der Waals surface area contributed by atoms with Crippen LogP contribution in [0.5, 0.6) is 5.75 Å². The van der Waals surface area contributed by atoms with E-state index in [2.05, 4.69) is 91.7 Å². The first-order valence-corrected chi connectivity index (χ1v) is 31.2. The third-order valence-corrected chi connectivity index (χ3v) is 13.8. The predicted octanol–water partition coefficient (Wildman–Crippen LogP) is -1.04. The number of rotatable bonds is 18. The summed E-state index contributed by atoms with van der Waals surface area (Å²) in [6.45, 7) is 1.61. The first-order chi connectivity index (χ1) is 52.4. The minimum atomic E-state index is -4.26. The van der Waals surface area contributed by atoms with Crippen molar-refractivity contribution in [2.24, 2.45) is 0 Å². The largest absolute Gasteiger partial charge is 0.507 e. The molecule has 25 N–H and O–H groups in total. The van der Waals surface area contributed by atoms with E-state index in [1.165, 1.54) is 78.9 Å². The smallest absolute Gasteiger partial charge is 0.352 e. The molecule has 0 radical (unpaired) electrons. The van der Waals surface area contributed by atoms with Gasteiger partial charge in [0.2, 0.25) is 35.7 Å². The van der Waals surface area contributed by atoms with Gasteiger partial charge in [-0.05, 0) is 122 Å². The maximum atomic E-state index is 11.1. The molecule has 111 heavy (non-hydrogen) atoms. The quantitative estimate of drug-likeness (QED) is 0.0360. The fraction of sp³-hybridized carbons (Fsp3) is 0.0167. The van der Waals surface area contributed by atoms with Crippen LogP contribution in [-0.4, -0.2) is 163 Å². The van der Waals surface area contributed by atoms with E-state index in [9.17, 15) is 95.0 Å². The molecule has 51 heteroatoms. The number of nitrogens with zero attached hydrogens (tertiary/aromatic N) is 6. The Hall–Kier alpha value is -17.2. The van der Waals surface area contributed by atoms with Crippen LogP contribution >= 0.6 is 0 Å². The van der Waals surface area contributed by atoms with Gasteiger partial charge in [0.15, 0.2) is 0 Å². The van der Waals surface area contributed by atoms with Gasteiger partial charge in [0, 0.05) is 28.4 Å². The minimum Gasteiger partial charge on any atom is -0.507 e. The zero-order valence-corrected chi connectivity index (χ0v) is 56.0. The number of para-hydroxylation sites is 1. The van der Waals surface area contributed by atoms with Crippen LogP contribution in [0.1, 0.15) is 57.4 Å². The van der Waals surface area contributed by atoms with Crippen LogP contribution in [0, 0.1) is 6.92 Å². The number of H-pyrrole nitrogens is 12. The molecule has 0 aliphatic rings. The van der Waals surface area contributed by atoms with E-state index in [4.69, 9.17) is 30.1 Å². The Morgan fingerprint density at radius 2 is 0.631 bits per heavy atom. The standard InChI is InChI=1S/C11H10N4O4.C10H8N4O5.3C10H8N4O4.C9H8N4O5S/c1-5-6(8(16)17)3-2-4-7(5)12-9-13-10(18)15-11(19)14-9;15-6-2-1-4(3-5(6)7(16)17)11-8-12-9(18)14-10(19)13-8;15-7(16)5-1-3-6(4-2-5)11-8-12-9(17)14-10(18)13-8;15-7(16)5-2-1-3-6(4-5)11-8-12-9(17)14-10(18)13-8;15-7(16)5-3-1-2-4-6(5)11-8-12-9(17)14-10(18)13-8;14-8-11-7(12-9(15)13-8)10-5-1-3-6(4-2-5)19(16,17)18/h2-4H,1H3,(H,16,17)(H3,12,13,14,15,18,19);1-3,15H,(H,16,17)(H3,11,12,13,14,18,19);3*1-4H,(H,15,16)(H3,11,12,13,14,17,18);1-4H,(H,16,17,18)(H3,10,11,12,13,14,15). The molecule has 0 fully saturated rings. The molecular weight excluding hydrogens is 1500 g/mol. The molecule has 0 unspecified atom stereocenters. The Morgan fingerprint density at radius 3 is 1.00 bits per heavy atom. The fourth-order valence-electron chi connectivity index (χ4n) is 8.22. The van der Waals surface area contributed by atoms with Gasteiger partial charge in [-0.25, -0.2) is 81.5 Å². The molecular formula is C60H50N24O26S. The number of aromatic amines is 12. The SMILES string of the molecule is Cc1c(Nc2nc(=O)[nH]c(=O)[nH]2)cccc1C(=O)O.O=C(O)c1cc(Nc2nc(=O)[nH]c(=O)[nH]2)ccc1O.O=C(O)c1ccc(Nc2nc(=O)[nH]c(=O)[nH]2)cc1.O=C(O)c1cccc(Nc2nc(=O)[nH]c(=O)[nH]2)c1.O=C(O)c1ccccc1Nc1nc(=O)[nH]c(=O)[nH]1.O=c1nc(Nc2ccc(S(=O)(=O)O)cc2)[nH]c(=O)[nH]1. The highest BCUT2D eigenvalue weighted by molar-refractivity contribution is 7.85. The summed E-state index contributed by atoms with van der Waals surface area (Å²) in [6, 6.07) is 30.9. The zero-order valence-electron chi connectivity index (χ0n) is 55.2. The molecule has 12 rings (SSSR count). The number of aromatic nitrogens is 18. The maximum Gasteiger partial charge on any atom is 0.352 e. The molecule has 12 aromatic rings. The molecule has 0 saturated heterocycles. The molecule has 0 spiro atoms.